The molecule has 0 spiro atoms. The van der Waals surface area contributed by atoms with Gasteiger partial charge in [-0.15, -0.1) is 0 Å². The molecule has 0 aliphatic carbocycles. The van der Waals surface area contributed by atoms with Crippen molar-refractivity contribution >= 4 is 37.7 Å². The molecule has 183 valence electrons. The van der Waals surface area contributed by atoms with Crippen LogP contribution in [0.5, 0.6) is 0 Å². The van der Waals surface area contributed by atoms with Crippen LogP contribution in [0.25, 0.3) is 0 Å². The van der Waals surface area contributed by atoms with Crippen LogP contribution in [0.2, 0.25) is 0 Å². The van der Waals surface area contributed by atoms with Gasteiger partial charge in [-0.05, 0) is 0 Å². The number of carbonyl (C=O) groups is 3. The average Bonchev–Trinajstić information content (AvgIpc) is 2.68. The number of carboxylic acid groups (broad SMARTS) is 3. The predicted octanol–water partition coefficient (Wildman–Crippen LogP) is -8.21. The average molecular weight is 517 g/mol. The number of rotatable bonds is 10. The summed E-state index contributed by atoms with van der Waals surface area (Å²) >= 11 is 0. The molecule has 0 aromatic heterocycles. The molecule has 1 aliphatic heterocycles. The summed E-state index contributed by atoms with van der Waals surface area (Å²) in [7, 11) is 0. The van der Waals surface area contributed by atoms with Crippen molar-refractivity contribution in [2.75, 3.05) is 85.2 Å². The van der Waals surface area contributed by atoms with Crippen molar-refractivity contribution in [3.63, 3.8) is 0 Å². The summed E-state index contributed by atoms with van der Waals surface area (Å²) in [4.78, 5) is 39.5. The first-order valence-corrected chi connectivity index (χ1v) is 10.1. The van der Waals surface area contributed by atoms with E-state index in [1.54, 1.807) is 14.7 Å². The van der Waals surface area contributed by atoms with Crippen LogP contribution in [-0.2, 0) is 14.4 Å². The molecule has 1 saturated heterocycles. The Hall–Kier alpha value is -1.23. The van der Waals surface area contributed by atoms with Gasteiger partial charge in [0.25, 0.3) is 0 Å². The van der Waals surface area contributed by atoms with Crippen LogP contribution in [0.1, 0.15) is 0 Å². The number of carbonyl (C=O) groups excluding carboxylic acids is 3. The number of carboxylic acids is 3. The molecule has 1 fully saturated rings. The minimum Gasteiger partial charge on any atom is -0.549 e. The van der Waals surface area contributed by atoms with Crippen LogP contribution in [0.15, 0.2) is 0 Å². The van der Waals surface area contributed by atoms with E-state index in [2.05, 4.69) is 0 Å². The second kappa shape index (κ2) is 16.4. The van der Waals surface area contributed by atoms with E-state index in [0.29, 0.717) is 0 Å². The van der Waals surface area contributed by atoms with E-state index in [-0.39, 0.29) is 78.7 Å². The summed E-state index contributed by atoms with van der Waals surface area (Å²) in [6.07, 6.45) is -1.25. The Kier molecular flexibility index (Phi) is 15.8. The topological polar surface area (TPSA) is 194 Å². The number of aliphatic hydroxyl groups excluding tert-OH is 3. The Bertz CT molecular complexity index is 555. The van der Waals surface area contributed by atoms with Crippen LogP contribution in [-0.4, -0.2) is 170 Å². The molecule has 0 unspecified atom stereocenters. The minimum absolute atomic E-state index is 0. The summed E-state index contributed by atoms with van der Waals surface area (Å²) in [6, 6.07) is -0.836. The van der Waals surface area contributed by atoms with Gasteiger partial charge in [-0.25, -0.2) is 0 Å². The van der Waals surface area contributed by atoms with Gasteiger partial charge in [0.1, 0.15) is 0 Å². The molecule has 3 radical (unpaired) electrons. The van der Waals surface area contributed by atoms with E-state index in [1.807, 2.05) is 0 Å². The SMILES string of the molecule is O=C([O-])CN1CCN(CC(=O)[O-])CCN([C@H](CO)[C@H](O)CO)CCN(CC(=O)[O-])CC1.[Ga]. The minimum atomic E-state index is -1.31. The third-order valence-corrected chi connectivity index (χ3v) is 5.22. The summed E-state index contributed by atoms with van der Waals surface area (Å²) in [6.45, 7) is -0.648. The predicted molar refractivity (Wildman–Crippen MR) is 106 cm³/mol. The molecular formula is C18H31GaN4O9-3. The fourth-order valence-electron chi connectivity index (χ4n) is 3.51. The smallest absolute Gasteiger partial charge is 0.0947 e. The van der Waals surface area contributed by atoms with Gasteiger partial charge in [-0.1, -0.05) is 0 Å². The quantitative estimate of drug-likeness (QED) is 0.232. The molecule has 1 rings (SSSR count). The van der Waals surface area contributed by atoms with E-state index in [9.17, 15) is 45.0 Å². The molecule has 0 aromatic rings. The fraction of sp³-hybridized carbons (Fsp3) is 0.833. The first kappa shape index (κ1) is 30.8. The number of nitrogens with zero attached hydrogens (tertiary/aromatic N) is 4. The molecule has 0 bridgehead atoms. The molecule has 3 N–H and O–H groups in total. The number of hydrogen-bond donors (Lipinski definition) is 3. The molecular weight excluding hydrogens is 486 g/mol. The zero-order chi connectivity index (χ0) is 23.4. The Labute approximate surface area is 199 Å². The molecule has 14 heteroatoms. The number of hydrogen-bond acceptors (Lipinski definition) is 13. The van der Waals surface area contributed by atoms with Gasteiger partial charge >= 0.3 is 0 Å². The van der Waals surface area contributed by atoms with Gasteiger partial charge in [0.15, 0.2) is 0 Å². The van der Waals surface area contributed by atoms with Crippen molar-refractivity contribution in [3.8, 4) is 0 Å². The molecule has 1 aliphatic rings. The van der Waals surface area contributed by atoms with Crippen LogP contribution in [0.4, 0.5) is 0 Å². The van der Waals surface area contributed by atoms with Crippen molar-refractivity contribution in [3.05, 3.63) is 0 Å². The van der Waals surface area contributed by atoms with Gasteiger partial charge in [0.2, 0.25) is 0 Å². The maximum atomic E-state index is 11.1. The zero-order valence-electron chi connectivity index (χ0n) is 18.0. The van der Waals surface area contributed by atoms with Crippen molar-refractivity contribution in [1.29, 1.82) is 0 Å². The zero-order valence-corrected chi connectivity index (χ0v) is 20.4. The maximum Gasteiger partial charge on any atom is 0.0947 e. The third-order valence-electron chi connectivity index (χ3n) is 5.22. The van der Waals surface area contributed by atoms with Crippen molar-refractivity contribution < 1.29 is 45.0 Å². The first-order chi connectivity index (χ1) is 14.7. The molecule has 32 heavy (non-hydrogen) atoms. The van der Waals surface area contributed by atoms with Crippen molar-refractivity contribution in [2.24, 2.45) is 0 Å². The first-order valence-electron chi connectivity index (χ1n) is 10.1. The van der Waals surface area contributed by atoms with Gasteiger partial charge in [-0.3, -0.25) is 19.6 Å². The molecule has 13 nitrogen and oxygen atoms in total. The Morgan fingerprint density at radius 2 is 0.969 bits per heavy atom. The van der Waals surface area contributed by atoms with Crippen LogP contribution in [0, 0.1) is 0 Å². The standard InChI is InChI=1S/C18H34N4O9.Ga/c23-12-14(15(25)13-24)22-7-5-20(10-17(28)29)3-1-19(9-16(26)27)2-4-21(6-8-22)11-18(30)31;/h14-15,23-25H,1-13H2,(H,26,27)(H,28,29)(H,30,31);/p-3/t14-,15-;/m1./s1. The fourth-order valence-corrected chi connectivity index (χ4v) is 3.51. The van der Waals surface area contributed by atoms with E-state index >= 15 is 0 Å². The normalized spacial score (nSPS) is 20.3. The van der Waals surface area contributed by atoms with Crippen molar-refractivity contribution in [1.82, 2.24) is 19.6 Å². The number of aliphatic carboxylic acids is 3. The van der Waals surface area contributed by atoms with Gasteiger partial charge in [-0.2, -0.15) is 0 Å². The Morgan fingerprint density at radius 3 is 1.22 bits per heavy atom. The molecule has 1 heterocycles. The monoisotopic (exact) mass is 516 g/mol. The summed E-state index contributed by atoms with van der Waals surface area (Å²) in [5.74, 6) is -3.92. The molecule has 0 saturated carbocycles. The summed E-state index contributed by atoms with van der Waals surface area (Å²) in [5.41, 5.74) is 0. The van der Waals surface area contributed by atoms with E-state index < -0.39 is 56.4 Å². The summed E-state index contributed by atoms with van der Waals surface area (Å²) < 4.78 is 0. The van der Waals surface area contributed by atoms with E-state index in [0.717, 1.165) is 0 Å². The molecule has 0 amide bonds. The van der Waals surface area contributed by atoms with Gasteiger partial charge in [0, 0.05) is 91.8 Å². The van der Waals surface area contributed by atoms with Crippen molar-refractivity contribution in [2.45, 2.75) is 12.1 Å². The van der Waals surface area contributed by atoms with Gasteiger partial charge < -0.3 is 45.0 Å². The maximum absolute atomic E-state index is 11.1. The largest absolute Gasteiger partial charge is 0.549 e. The van der Waals surface area contributed by atoms with Crippen LogP contribution >= 0.6 is 0 Å². The van der Waals surface area contributed by atoms with Crippen LogP contribution in [0.3, 0.4) is 0 Å². The third kappa shape index (κ3) is 12.1. The van der Waals surface area contributed by atoms with E-state index in [1.165, 1.54) is 4.90 Å². The second-order valence-electron chi connectivity index (χ2n) is 7.48. The Morgan fingerprint density at radius 1 is 0.656 bits per heavy atom. The molecule has 0 aromatic carbocycles. The second-order valence-corrected chi connectivity index (χ2v) is 7.48. The van der Waals surface area contributed by atoms with E-state index in [4.69, 9.17) is 0 Å². The number of aliphatic hydroxyl groups is 3. The van der Waals surface area contributed by atoms with Crippen LogP contribution < -0.4 is 15.3 Å². The van der Waals surface area contributed by atoms with Gasteiger partial charge in [0.05, 0.1) is 43.3 Å². The Balaban J connectivity index is 0.00000961. The summed E-state index contributed by atoms with van der Waals surface area (Å²) in [5, 5.41) is 62.3. The molecule has 2 atom stereocenters.